The third-order valence-corrected chi connectivity index (χ3v) is 5.72. The van der Waals surface area contributed by atoms with Crippen molar-refractivity contribution < 1.29 is 9.90 Å². The smallest absolute Gasteiger partial charge is 0.245 e. The SMILES string of the molecule is CC1(C)Cc2nc(N3CCNC(=O)C3(C)C)sc2C(O)C1. The first-order valence-electron chi connectivity index (χ1n) is 7.44. The van der Waals surface area contributed by atoms with E-state index in [-0.39, 0.29) is 11.3 Å². The third-order valence-electron chi connectivity index (χ3n) is 4.49. The average molecular weight is 309 g/mol. The standard InChI is InChI=1S/C15H23N3O2S/c1-14(2)7-9-11(10(19)8-14)21-13(17-9)18-6-5-16-12(20)15(18,3)4/h10,19H,5-8H2,1-4H3,(H,16,20). The Hall–Kier alpha value is -1.14. The second-order valence-electron chi connectivity index (χ2n) is 7.33. The van der Waals surface area contributed by atoms with E-state index in [2.05, 4.69) is 24.1 Å². The summed E-state index contributed by atoms with van der Waals surface area (Å²) in [4.78, 5) is 19.9. The highest BCUT2D eigenvalue weighted by atomic mass is 32.1. The highest BCUT2D eigenvalue weighted by Crippen LogP contribution is 2.45. The van der Waals surface area contributed by atoms with E-state index < -0.39 is 11.6 Å². The first-order chi connectivity index (χ1) is 9.71. The Morgan fingerprint density at radius 3 is 2.81 bits per heavy atom. The monoisotopic (exact) mass is 309 g/mol. The average Bonchev–Trinajstić information content (AvgIpc) is 2.74. The van der Waals surface area contributed by atoms with E-state index in [1.807, 2.05) is 13.8 Å². The van der Waals surface area contributed by atoms with Crippen molar-refractivity contribution in [2.75, 3.05) is 18.0 Å². The van der Waals surface area contributed by atoms with Crippen LogP contribution in [0.15, 0.2) is 0 Å². The van der Waals surface area contributed by atoms with Crippen molar-refractivity contribution in [3.8, 4) is 0 Å². The van der Waals surface area contributed by atoms with Gasteiger partial charge in [0, 0.05) is 13.1 Å². The van der Waals surface area contributed by atoms with Gasteiger partial charge in [-0.15, -0.1) is 0 Å². The van der Waals surface area contributed by atoms with E-state index in [1.54, 1.807) is 0 Å². The second kappa shape index (κ2) is 4.68. The number of anilines is 1. The molecule has 5 nitrogen and oxygen atoms in total. The molecular weight excluding hydrogens is 286 g/mol. The molecule has 1 atom stereocenters. The maximum absolute atomic E-state index is 12.1. The highest BCUT2D eigenvalue weighted by Gasteiger charge is 2.41. The van der Waals surface area contributed by atoms with Crippen LogP contribution >= 0.6 is 11.3 Å². The Morgan fingerprint density at radius 2 is 2.10 bits per heavy atom. The van der Waals surface area contributed by atoms with E-state index in [0.29, 0.717) is 6.54 Å². The highest BCUT2D eigenvalue weighted by molar-refractivity contribution is 7.15. The number of fused-ring (bicyclic) bond motifs is 1. The van der Waals surface area contributed by atoms with Crippen LogP contribution in [0.5, 0.6) is 0 Å². The number of aliphatic hydroxyl groups is 1. The molecule has 0 bridgehead atoms. The molecule has 3 rings (SSSR count). The van der Waals surface area contributed by atoms with E-state index in [1.165, 1.54) is 11.3 Å². The van der Waals surface area contributed by atoms with Gasteiger partial charge in [0.05, 0.1) is 16.7 Å². The molecule has 2 N–H and O–H groups in total. The fraction of sp³-hybridized carbons (Fsp3) is 0.733. The number of carbonyl (C=O) groups excluding carboxylic acids is 1. The van der Waals surface area contributed by atoms with Crippen LogP contribution in [0.25, 0.3) is 0 Å². The predicted molar refractivity (Wildman–Crippen MR) is 83.6 cm³/mol. The Kier molecular flexibility index (Phi) is 3.29. The largest absolute Gasteiger partial charge is 0.387 e. The van der Waals surface area contributed by atoms with Crippen LogP contribution in [0.3, 0.4) is 0 Å². The zero-order valence-electron chi connectivity index (χ0n) is 13.1. The van der Waals surface area contributed by atoms with Crippen LogP contribution in [0.4, 0.5) is 5.13 Å². The van der Waals surface area contributed by atoms with Crippen LogP contribution in [0.1, 0.15) is 50.8 Å². The van der Waals surface area contributed by atoms with Gasteiger partial charge in [0.15, 0.2) is 5.13 Å². The van der Waals surface area contributed by atoms with Crippen LogP contribution in [-0.2, 0) is 11.2 Å². The van der Waals surface area contributed by atoms with Crippen LogP contribution < -0.4 is 10.2 Å². The number of aliphatic hydroxyl groups excluding tert-OH is 1. The molecule has 116 valence electrons. The number of amides is 1. The van der Waals surface area contributed by atoms with Gasteiger partial charge < -0.3 is 15.3 Å². The summed E-state index contributed by atoms with van der Waals surface area (Å²) < 4.78 is 0. The van der Waals surface area contributed by atoms with Crippen molar-refractivity contribution in [3.63, 3.8) is 0 Å². The summed E-state index contributed by atoms with van der Waals surface area (Å²) in [7, 11) is 0. The van der Waals surface area contributed by atoms with Crippen molar-refractivity contribution >= 4 is 22.4 Å². The minimum atomic E-state index is -0.598. The molecule has 1 unspecified atom stereocenters. The maximum Gasteiger partial charge on any atom is 0.245 e. The molecule has 2 heterocycles. The topological polar surface area (TPSA) is 65.5 Å². The van der Waals surface area contributed by atoms with Crippen molar-refractivity contribution in [2.45, 2.75) is 52.2 Å². The van der Waals surface area contributed by atoms with Crippen molar-refractivity contribution in [2.24, 2.45) is 5.41 Å². The minimum Gasteiger partial charge on any atom is -0.387 e. The van der Waals surface area contributed by atoms with Gasteiger partial charge in [-0.3, -0.25) is 4.79 Å². The molecule has 21 heavy (non-hydrogen) atoms. The van der Waals surface area contributed by atoms with Crippen LogP contribution in [0.2, 0.25) is 0 Å². The van der Waals surface area contributed by atoms with Crippen molar-refractivity contribution in [1.82, 2.24) is 10.3 Å². The van der Waals surface area contributed by atoms with Gasteiger partial charge in [-0.05, 0) is 32.1 Å². The Balaban J connectivity index is 1.97. The van der Waals surface area contributed by atoms with E-state index >= 15 is 0 Å². The summed E-state index contributed by atoms with van der Waals surface area (Å²) in [5.74, 6) is 0.0304. The molecule has 0 radical (unpaired) electrons. The zero-order valence-corrected chi connectivity index (χ0v) is 13.9. The lowest BCUT2D eigenvalue weighted by atomic mass is 9.77. The normalized spacial score (nSPS) is 27.2. The molecule has 0 saturated carbocycles. The second-order valence-corrected chi connectivity index (χ2v) is 8.34. The molecule has 0 aromatic carbocycles. The number of aromatic nitrogens is 1. The zero-order chi connectivity index (χ0) is 15.4. The number of carbonyl (C=O) groups is 1. The van der Waals surface area contributed by atoms with Crippen molar-refractivity contribution in [1.29, 1.82) is 0 Å². The fourth-order valence-electron chi connectivity index (χ4n) is 3.23. The Morgan fingerprint density at radius 1 is 1.38 bits per heavy atom. The molecule has 1 saturated heterocycles. The Labute approximate surface area is 129 Å². The lowest BCUT2D eigenvalue weighted by Crippen LogP contribution is -2.62. The van der Waals surface area contributed by atoms with E-state index in [4.69, 9.17) is 4.98 Å². The van der Waals surface area contributed by atoms with Gasteiger partial charge in [0.25, 0.3) is 0 Å². The van der Waals surface area contributed by atoms with Gasteiger partial charge in [0.1, 0.15) is 5.54 Å². The molecule has 1 aromatic heterocycles. The van der Waals surface area contributed by atoms with Crippen molar-refractivity contribution in [3.05, 3.63) is 10.6 Å². The predicted octanol–water partition coefficient (Wildman–Crippen LogP) is 1.86. The number of nitrogens with one attached hydrogen (secondary N) is 1. The summed E-state index contributed by atoms with van der Waals surface area (Å²) in [6, 6.07) is 0. The third kappa shape index (κ3) is 2.44. The molecule has 2 aliphatic rings. The van der Waals surface area contributed by atoms with Gasteiger partial charge >= 0.3 is 0 Å². The molecule has 0 spiro atoms. The van der Waals surface area contributed by atoms with E-state index in [9.17, 15) is 9.90 Å². The Bertz CT molecular complexity index is 579. The first-order valence-corrected chi connectivity index (χ1v) is 8.26. The van der Waals surface area contributed by atoms with Crippen LogP contribution in [-0.4, -0.2) is 34.6 Å². The molecular formula is C15H23N3O2S. The molecule has 1 amide bonds. The van der Waals surface area contributed by atoms with E-state index in [0.717, 1.165) is 35.1 Å². The molecule has 1 aliphatic carbocycles. The number of rotatable bonds is 1. The maximum atomic E-state index is 12.1. The lowest BCUT2D eigenvalue weighted by molar-refractivity contribution is -0.126. The quantitative estimate of drug-likeness (QED) is 0.831. The van der Waals surface area contributed by atoms with Crippen LogP contribution in [0, 0.1) is 5.41 Å². The minimum absolute atomic E-state index is 0.0304. The number of piperazine rings is 1. The first kappa shape index (κ1) is 14.8. The molecule has 6 heteroatoms. The summed E-state index contributed by atoms with van der Waals surface area (Å²) in [5.41, 5.74) is 0.478. The lowest BCUT2D eigenvalue weighted by Gasteiger charge is -2.41. The summed E-state index contributed by atoms with van der Waals surface area (Å²) in [6.45, 7) is 9.56. The number of thiazole rings is 1. The van der Waals surface area contributed by atoms with Gasteiger partial charge in [-0.2, -0.15) is 0 Å². The molecule has 1 aliphatic heterocycles. The number of nitrogens with zero attached hydrogens (tertiary/aromatic N) is 2. The summed E-state index contributed by atoms with van der Waals surface area (Å²) in [5, 5.41) is 14.1. The summed E-state index contributed by atoms with van der Waals surface area (Å²) in [6.07, 6.45) is 1.22. The van der Waals surface area contributed by atoms with Gasteiger partial charge in [0.2, 0.25) is 5.91 Å². The fourth-order valence-corrected chi connectivity index (χ4v) is 4.47. The number of hydrogen-bond donors (Lipinski definition) is 2. The molecule has 1 fully saturated rings. The molecule has 1 aromatic rings. The number of hydrogen-bond acceptors (Lipinski definition) is 5. The van der Waals surface area contributed by atoms with Gasteiger partial charge in [-0.1, -0.05) is 25.2 Å². The van der Waals surface area contributed by atoms with Gasteiger partial charge in [-0.25, -0.2) is 4.98 Å². The summed E-state index contributed by atoms with van der Waals surface area (Å²) >= 11 is 1.54.